The lowest BCUT2D eigenvalue weighted by Crippen LogP contribution is -2.73. The molecule has 2 aliphatic rings. The fraction of sp³-hybridized carbons (Fsp3) is 0.600. The van der Waals surface area contributed by atoms with Crippen molar-refractivity contribution in [1.29, 1.82) is 0 Å². The van der Waals surface area contributed by atoms with Gasteiger partial charge in [0.15, 0.2) is 5.72 Å². The van der Waals surface area contributed by atoms with Gasteiger partial charge in [-0.25, -0.2) is 0 Å². The molecule has 2 nitrogen and oxygen atoms in total. The number of hydrogen-bond acceptors (Lipinski definition) is 2. The molecular formula is C15H18F3NO. The van der Waals surface area contributed by atoms with Gasteiger partial charge >= 0.3 is 6.36 Å². The van der Waals surface area contributed by atoms with Crippen LogP contribution < -0.4 is 5.32 Å². The van der Waals surface area contributed by atoms with Crippen LogP contribution in [0.2, 0.25) is 0 Å². The van der Waals surface area contributed by atoms with Crippen LogP contribution in [0.5, 0.6) is 0 Å². The second-order valence-electron chi connectivity index (χ2n) is 5.79. The van der Waals surface area contributed by atoms with Gasteiger partial charge in [0.1, 0.15) is 0 Å². The third-order valence-corrected chi connectivity index (χ3v) is 4.68. The average molecular weight is 285 g/mol. The summed E-state index contributed by atoms with van der Waals surface area (Å²) < 4.78 is 43.4. The largest absolute Gasteiger partial charge is 0.524 e. The number of nitrogens with one attached hydrogen (secondary N) is 1. The summed E-state index contributed by atoms with van der Waals surface area (Å²) in [5.41, 5.74) is -1.26. The smallest absolute Gasteiger partial charge is 0.284 e. The molecule has 110 valence electrons. The van der Waals surface area contributed by atoms with Crippen molar-refractivity contribution >= 4 is 0 Å². The summed E-state index contributed by atoms with van der Waals surface area (Å²) in [5.74, 6) is 0. The Bertz CT molecular complexity index is 468. The van der Waals surface area contributed by atoms with Crippen LogP contribution in [0.1, 0.15) is 37.7 Å². The molecule has 20 heavy (non-hydrogen) atoms. The van der Waals surface area contributed by atoms with E-state index in [1.807, 2.05) is 0 Å². The molecule has 3 rings (SSSR count). The molecule has 5 heteroatoms. The Kier molecular flexibility index (Phi) is 3.29. The molecular weight excluding hydrogens is 267 g/mol. The zero-order valence-corrected chi connectivity index (χ0v) is 11.2. The summed E-state index contributed by atoms with van der Waals surface area (Å²) in [6.07, 6.45) is -0.0444. The number of alkyl halides is 3. The molecule has 0 aromatic heterocycles. The van der Waals surface area contributed by atoms with Crippen LogP contribution in [-0.2, 0) is 10.5 Å². The molecule has 1 unspecified atom stereocenters. The van der Waals surface area contributed by atoms with E-state index in [9.17, 15) is 13.2 Å². The maximum atomic E-state index is 12.9. The van der Waals surface area contributed by atoms with Crippen molar-refractivity contribution in [3.63, 3.8) is 0 Å². The standard InChI is InChI=1S/C15H18F3NO/c16-15(17,18)20-14(12-7-3-1-4-8-12)13(11-19-14)9-5-2-6-10-13/h1,3-4,7-8,19H,2,5-6,9-11H2. The molecule has 1 saturated carbocycles. The molecule has 0 bridgehead atoms. The molecule has 1 atom stereocenters. The fourth-order valence-corrected chi connectivity index (χ4v) is 3.71. The molecule has 1 spiro atoms. The zero-order chi connectivity index (χ0) is 14.3. The van der Waals surface area contributed by atoms with E-state index in [-0.39, 0.29) is 0 Å². The Labute approximate surface area is 116 Å². The average Bonchev–Trinajstić information content (AvgIpc) is 2.44. The van der Waals surface area contributed by atoms with Gasteiger partial charge in [-0.15, -0.1) is 13.2 Å². The zero-order valence-electron chi connectivity index (χ0n) is 11.2. The molecule has 1 aliphatic heterocycles. The summed E-state index contributed by atoms with van der Waals surface area (Å²) in [7, 11) is 0. The first kappa shape index (κ1) is 13.9. The minimum Gasteiger partial charge on any atom is -0.284 e. The van der Waals surface area contributed by atoms with Gasteiger partial charge in [0.25, 0.3) is 0 Å². The quantitative estimate of drug-likeness (QED) is 0.889. The topological polar surface area (TPSA) is 21.3 Å². The molecule has 1 aromatic carbocycles. The summed E-state index contributed by atoms with van der Waals surface area (Å²) >= 11 is 0. The number of benzene rings is 1. The highest BCUT2D eigenvalue weighted by atomic mass is 19.4. The van der Waals surface area contributed by atoms with E-state index in [2.05, 4.69) is 10.1 Å². The minimum absolute atomic E-state index is 0.428. The van der Waals surface area contributed by atoms with Gasteiger partial charge in [-0.05, 0) is 18.4 Å². The van der Waals surface area contributed by atoms with Crippen molar-refractivity contribution in [2.75, 3.05) is 6.54 Å². The Morgan fingerprint density at radius 3 is 2.15 bits per heavy atom. The van der Waals surface area contributed by atoms with E-state index in [1.165, 1.54) is 0 Å². The first-order valence-electron chi connectivity index (χ1n) is 7.05. The second-order valence-corrected chi connectivity index (χ2v) is 5.79. The van der Waals surface area contributed by atoms with Gasteiger partial charge < -0.3 is 0 Å². The summed E-state index contributed by atoms with van der Waals surface area (Å²) in [4.78, 5) is 0. The molecule has 1 N–H and O–H groups in total. The van der Waals surface area contributed by atoms with Crippen LogP contribution in [0.25, 0.3) is 0 Å². The fourth-order valence-electron chi connectivity index (χ4n) is 3.71. The van der Waals surface area contributed by atoms with Crippen molar-refractivity contribution in [2.45, 2.75) is 44.2 Å². The maximum Gasteiger partial charge on any atom is 0.524 e. The van der Waals surface area contributed by atoms with E-state index in [4.69, 9.17) is 0 Å². The highest BCUT2D eigenvalue weighted by Crippen LogP contribution is 2.57. The van der Waals surface area contributed by atoms with Gasteiger partial charge in [-0.2, -0.15) is 0 Å². The van der Waals surface area contributed by atoms with Crippen molar-refractivity contribution in [3.05, 3.63) is 35.9 Å². The van der Waals surface area contributed by atoms with Crippen molar-refractivity contribution in [3.8, 4) is 0 Å². The molecule has 2 fully saturated rings. The van der Waals surface area contributed by atoms with Gasteiger partial charge in [0, 0.05) is 12.0 Å². The first-order chi connectivity index (χ1) is 9.48. The van der Waals surface area contributed by atoms with Crippen LogP contribution >= 0.6 is 0 Å². The molecule has 1 aromatic rings. The molecule has 0 radical (unpaired) electrons. The van der Waals surface area contributed by atoms with Gasteiger partial charge in [0.2, 0.25) is 0 Å². The Balaban J connectivity index is 2.00. The summed E-state index contributed by atoms with van der Waals surface area (Å²) in [6.45, 7) is 0.595. The normalized spacial score (nSPS) is 29.1. The van der Waals surface area contributed by atoms with E-state index in [1.54, 1.807) is 30.3 Å². The predicted molar refractivity (Wildman–Crippen MR) is 68.8 cm³/mol. The van der Waals surface area contributed by atoms with Crippen LogP contribution in [0.4, 0.5) is 13.2 Å². The predicted octanol–water partition coefficient (Wildman–Crippen LogP) is 3.93. The molecule has 1 saturated heterocycles. The number of rotatable bonds is 2. The molecule has 1 heterocycles. The van der Waals surface area contributed by atoms with Crippen molar-refractivity contribution in [2.24, 2.45) is 5.41 Å². The Morgan fingerprint density at radius 1 is 1.00 bits per heavy atom. The summed E-state index contributed by atoms with van der Waals surface area (Å²) in [6, 6.07) is 8.75. The highest BCUT2D eigenvalue weighted by molar-refractivity contribution is 5.30. The molecule has 0 amide bonds. The van der Waals surface area contributed by atoms with E-state index in [0.717, 1.165) is 32.1 Å². The number of halogens is 3. The highest BCUT2D eigenvalue weighted by Gasteiger charge is 2.64. The monoisotopic (exact) mass is 285 g/mol. The second kappa shape index (κ2) is 4.74. The lowest BCUT2D eigenvalue weighted by molar-refractivity contribution is -0.418. The third kappa shape index (κ3) is 2.13. The SMILES string of the molecule is FC(F)(F)OC1(c2ccccc2)NCC12CCCCC2. The van der Waals surface area contributed by atoms with Gasteiger partial charge in [0.05, 0.1) is 0 Å². The van der Waals surface area contributed by atoms with E-state index >= 15 is 0 Å². The van der Waals surface area contributed by atoms with E-state index in [0.29, 0.717) is 12.1 Å². The number of ether oxygens (including phenoxy) is 1. The lowest BCUT2D eigenvalue weighted by Gasteiger charge is -2.61. The van der Waals surface area contributed by atoms with E-state index < -0.39 is 17.5 Å². The first-order valence-corrected chi connectivity index (χ1v) is 7.05. The van der Waals surface area contributed by atoms with Crippen molar-refractivity contribution < 1.29 is 17.9 Å². The Morgan fingerprint density at radius 2 is 1.65 bits per heavy atom. The van der Waals surface area contributed by atoms with Crippen molar-refractivity contribution in [1.82, 2.24) is 5.32 Å². The van der Waals surface area contributed by atoms with Crippen LogP contribution in [0.15, 0.2) is 30.3 Å². The van der Waals surface area contributed by atoms with Crippen LogP contribution in [0.3, 0.4) is 0 Å². The number of hydrogen-bond donors (Lipinski definition) is 1. The summed E-state index contributed by atoms with van der Waals surface area (Å²) in [5, 5.41) is 2.95. The third-order valence-electron chi connectivity index (χ3n) is 4.68. The van der Waals surface area contributed by atoms with Gasteiger partial charge in [-0.1, -0.05) is 49.6 Å². The van der Waals surface area contributed by atoms with Crippen LogP contribution in [0, 0.1) is 5.41 Å². The Hall–Kier alpha value is -1.07. The lowest BCUT2D eigenvalue weighted by atomic mass is 9.59. The van der Waals surface area contributed by atoms with Crippen LogP contribution in [-0.4, -0.2) is 12.9 Å². The molecule has 1 aliphatic carbocycles. The minimum atomic E-state index is -4.65. The van der Waals surface area contributed by atoms with Gasteiger partial charge in [-0.3, -0.25) is 10.1 Å². The maximum absolute atomic E-state index is 12.9.